The number of hydrogen-bond acceptors (Lipinski definition) is 3. The molecule has 0 amide bonds. The largest absolute Gasteiger partial charge is 0.250 e. The van der Waals surface area contributed by atoms with E-state index >= 15 is 0 Å². The van der Waals surface area contributed by atoms with Crippen molar-refractivity contribution >= 4 is 24.0 Å². The molecular formula is C6H9NS2. The van der Waals surface area contributed by atoms with Gasteiger partial charge in [0.25, 0.3) is 0 Å². The van der Waals surface area contributed by atoms with Crippen LogP contribution < -0.4 is 0 Å². The highest BCUT2D eigenvalue weighted by Crippen LogP contribution is 2.09. The molecule has 1 aromatic heterocycles. The molecular weight excluding hydrogens is 150 g/mol. The van der Waals surface area contributed by atoms with Crippen molar-refractivity contribution in [3.63, 3.8) is 0 Å². The normalized spacial score (nSPS) is 13.6. The van der Waals surface area contributed by atoms with Gasteiger partial charge in [0.2, 0.25) is 0 Å². The molecule has 50 valence electrons. The average molecular weight is 159 g/mol. The molecule has 0 spiro atoms. The first kappa shape index (κ1) is 7.09. The maximum atomic E-state index is 4.25. The first-order valence-electron chi connectivity index (χ1n) is 2.85. The van der Waals surface area contributed by atoms with Crippen molar-refractivity contribution < 1.29 is 0 Å². The average Bonchev–Trinajstić information content (AvgIpc) is 2.15. The molecule has 0 N–H and O–H groups in total. The lowest BCUT2D eigenvalue weighted by atomic mass is 10.3. The van der Waals surface area contributed by atoms with Gasteiger partial charge in [0, 0.05) is 23.2 Å². The number of thiol groups is 1. The second-order valence-electron chi connectivity index (χ2n) is 1.98. The van der Waals surface area contributed by atoms with Crippen molar-refractivity contribution in [3.8, 4) is 0 Å². The van der Waals surface area contributed by atoms with Gasteiger partial charge in [-0.3, -0.25) is 0 Å². The second kappa shape index (κ2) is 3.22. The maximum Gasteiger partial charge on any atom is 0.0935 e. The topological polar surface area (TPSA) is 12.9 Å². The van der Waals surface area contributed by atoms with Crippen LogP contribution in [0.15, 0.2) is 11.6 Å². The molecule has 0 saturated carbocycles. The molecule has 1 unspecified atom stereocenters. The fraction of sp³-hybridized carbons (Fsp3) is 0.500. The molecule has 3 heteroatoms. The summed E-state index contributed by atoms with van der Waals surface area (Å²) in [6.45, 7) is 2.07. The number of thiazole rings is 1. The lowest BCUT2D eigenvalue weighted by molar-refractivity contribution is 0.936. The molecule has 1 atom stereocenters. The fourth-order valence-electron chi connectivity index (χ4n) is 0.606. The van der Waals surface area contributed by atoms with Crippen LogP contribution in [0.1, 0.15) is 11.9 Å². The van der Waals surface area contributed by atoms with Gasteiger partial charge in [-0.05, 0) is 0 Å². The summed E-state index contributed by atoms with van der Waals surface area (Å²) in [7, 11) is 0. The Balaban J connectivity index is 2.48. The number of rotatable bonds is 2. The molecule has 0 fully saturated rings. The third-order valence-electron chi connectivity index (χ3n) is 0.953. The number of hydrogen-bond donors (Lipinski definition) is 1. The van der Waals surface area contributed by atoms with Crippen molar-refractivity contribution in [2.24, 2.45) is 0 Å². The maximum absolute atomic E-state index is 4.25. The van der Waals surface area contributed by atoms with Gasteiger partial charge in [-0.15, -0.1) is 11.3 Å². The van der Waals surface area contributed by atoms with E-state index < -0.39 is 0 Å². The van der Waals surface area contributed by atoms with Gasteiger partial charge in [-0.1, -0.05) is 6.92 Å². The van der Waals surface area contributed by atoms with Crippen LogP contribution in [0, 0.1) is 0 Å². The van der Waals surface area contributed by atoms with Gasteiger partial charge >= 0.3 is 0 Å². The van der Waals surface area contributed by atoms with Crippen LogP contribution >= 0.6 is 24.0 Å². The molecule has 1 rings (SSSR count). The minimum Gasteiger partial charge on any atom is -0.250 e. The van der Waals surface area contributed by atoms with E-state index in [0.29, 0.717) is 5.25 Å². The van der Waals surface area contributed by atoms with E-state index in [1.54, 1.807) is 11.3 Å². The van der Waals surface area contributed by atoms with Crippen LogP contribution in [-0.2, 0) is 6.42 Å². The molecule has 1 aromatic rings. The first-order chi connectivity index (χ1) is 4.29. The Morgan fingerprint density at radius 2 is 2.67 bits per heavy atom. The van der Waals surface area contributed by atoms with Gasteiger partial charge in [0.1, 0.15) is 0 Å². The molecule has 0 aromatic carbocycles. The van der Waals surface area contributed by atoms with Crippen LogP contribution in [0.5, 0.6) is 0 Å². The highest BCUT2D eigenvalue weighted by Gasteiger charge is 1.98. The van der Waals surface area contributed by atoms with Gasteiger partial charge in [-0.25, -0.2) is 4.98 Å². The van der Waals surface area contributed by atoms with Crippen molar-refractivity contribution in [3.05, 3.63) is 16.6 Å². The fourth-order valence-corrected chi connectivity index (χ4v) is 1.65. The molecule has 0 aliphatic carbocycles. The first-order valence-corrected chi connectivity index (χ1v) is 4.25. The summed E-state index contributed by atoms with van der Waals surface area (Å²) < 4.78 is 0. The predicted molar refractivity (Wildman–Crippen MR) is 44.3 cm³/mol. The summed E-state index contributed by atoms with van der Waals surface area (Å²) >= 11 is 5.94. The quantitative estimate of drug-likeness (QED) is 0.651. The molecule has 0 saturated heterocycles. The zero-order chi connectivity index (χ0) is 6.69. The van der Waals surface area contributed by atoms with Crippen LogP contribution in [0.4, 0.5) is 0 Å². The monoisotopic (exact) mass is 159 g/mol. The Hall–Kier alpha value is -0.0200. The molecule has 0 bridgehead atoms. The smallest absolute Gasteiger partial charge is 0.0935 e. The minimum absolute atomic E-state index is 0.427. The molecule has 0 aliphatic heterocycles. The Labute approximate surface area is 64.5 Å². The highest BCUT2D eigenvalue weighted by atomic mass is 32.1. The van der Waals surface area contributed by atoms with E-state index in [1.165, 1.54) is 5.01 Å². The van der Waals surface area contributed by atoms with Gasteiger partial charge in [-0.2, -0.15) is 12.6 Å². The molecule has 0 aliphatic rings. The summed E-state index contributed by atoms with van der Waals surface area (Å²) in [5.74, 6) is 0. The summed E-state index contributed by atoms with van der Waals surface area (Å²) in [5, 5.41) is 3.60. The third kappa shape index (κ3) is 2.37. The van der Waals surface area contributed by atoms with Crippen LogP contribution in [-0.4, -0.2) is 10.2 Å². The van der Waals surface area contributed by atoms with Crippen LogP contribution in [0.2, 0.25) is 0 Å². The van der Waals surface area contributed by atoms with E-state index in [1.807, 2.05) is 11.6 Å². The number of aromatic nitrogens is 1. The van der Waals surface area contributed by atoms with E-state index in [9.17, 15) is 0 Å². The van der Waals surface area contributed by atoms with Crippen molar-refractivity contribution in [1.82, 2.24) is 4.98 Å². The Bertz CT molecular complexity index is 158. The summed E-state index contributed by atoms with van der Waals surface area (Å²) in [6, 6.07) is 0. The lowest BCUT2D eigenvalue weighted by Gasteiger charge is -1.96. The molecule has 1 nitrogen and oxygen atoms in total. The van der Waals surface area contributed by atoms with E-state index in [-0.39, 0.29) is 0 Å². The lowest BCUT2D eigenvalue weighted by Crippen LogP contribution is -1.95. The summed E-state index contributed by atoms with van der Waals surface area (Å²) in [6.07, 6.45) is 2.82. The highest BCUT2D eigenvalue weighted by molar-refractivity contribution is 7.80. The zero-order valence-corrected chi connectivity index (χ0v) is 6.95. The van der Waals surface area contributed by atoms with Gasteiger partial charge < -0.3 is 0 Å². The third-order valence-corrected chi connectivity index (χ3v) is 1.94. The number of nitrogens with zero attached hydrogens (tertiary/aromatic N) is 1. The molecule has 0 radical (unpaired) electrons. The zero-order valence-electron chi connectivity index (χ0n) is 5.24. The van der Waals surface area contributed by atoms with Crippen molar-refractivity contribution in [2.75, 3.05) is 0 Å². The Kier molecular flexibility index (Phi) is 2.54. The van der Waals surface area contributed by atoms with Crippen molar-refractivity contribution in [2.45, 2.75) is 18.6 Å². The summed E-state index contributed by atoms with van der Waals surface area (Å²) in [5.41, 5.74) is 0. The van der Waals surface area contributed by atoms with Crippen molar-refractivity contribution in [1.29, 1.82) is 0 Å². The Morgan fingerprint density at radius 3 is 3.11 bits per heavy atom. The SMILES string of the molecule is CC(S)Cc1nccs1. The van der Waals surface area contributed by atoms with Gasteiger partial charge in [0.15, 0.2) is 0 Å². The standard InChI is InChI=1S/C6H9NS2/c1-5(8)4-6-7-2-3-9-6/h2-3,5,8H,4H2,1H3. The molecule has 1 heterocycles. The van der Waals surface area contributed by atoms with Gasteiger partial charge in [0.05, 0.1) is 5.01 Å². The van der Waals surface area contributed by atoms with Crippen LogP contribution in [0.3, 0.4) is 0 Å². The second-order valence-corrected chi connectivity index (χ2v) is 3.84. The van der Waals surface area contributed by atoms with E-state index in [2.05, 4.69) is 24.5 Å². The van der Waals surface area contributed by atoms with E-state index in [4.69, 9.17) is 0 Å². The van der Waals surface area contributed by atoms with Crippen LogP contribution in [0.25, 0.3) is 0 Å². The van der Waals surface area contributed by atoms with E-state index in [0.717, 1.165) is 6.42 Å². The predicted octanol–water partition coefficient (Wildman–Crippen LogP) is 2.00. The summed E-state index contributed by atoms with van der Waals surface area (Å²) in [4.78, 5) is 4.13. The molecule has 9 heavy (non-hydrogen) atoms. The minimum atomic E-state index is 0.427. The Morgan fingerprint density at radius 1 is 1.89 bits per heavy atom.